The van der Waals surface area contributed by atoms with Crippen LogP contribution in [0.2, 0.25) is 0 Å². The smallest absolute Gasteiger partial charge is 0.106 e. The summed E-state index contributed by atoms with van der Waals surface area (Å²) in [5, 5.41) is 3.36. The standard InChI is InChI=1S/C16H17BrN2S/c1-2-3-11-4-7-13(8-5-11)19-15-9-6-12(17)10-14(15)16(18)20/h4-10,19H,2-3H2,1H3,(H2,18,20). The molecule has 2 nitrogen and oxygen atoms in total. The first-order valence-electron chi connectivity index (χ1n) is 6.55. The molecule has 2 aromatic rings. The van der Waals surface area contributed by atoms with Crippen LogP contribution >= 0.6 is 28.1 Å². The molecular weight excluding hydrogens is 332 g/mol. The van der Waals surface area contributed by atoms with Gasteiger partial charge in [0.2, 0.25) is 0 Å². The highest BCUT2D eigenvalue weighted by Crippen LogP contribution is 2.25. The van der Waals surface area contributed by atoms with Gasteiger partial charge in [0.25, 0.3) is 0 Å². The second kappa shape index (κ2) is 6.86. The molecule has 0 aromatic heterocycles. The zero-order chi connectivity index (χ0) is 14.5. The molecule has 0 bridgehead atoms. The third-order valence-electron chi connectivity index (χ3n) is 3.02. The van der Waals surface area contributed by atoms with Crippen molar-refractivity contribution >= 4 is 44.5 Å². The van der Waals surface area contributed by atoms with Gasteiger partial charge >= 0.3 is 0 Å². The fraction of sp³-hybridized carbons (Fsp3) is 0.188. The van der Waals surface area contributed by atoms with Gasteiger partial charge in [-0.2, -0.15) is 0 Å². The summed E-state index contributed by atoms with van der Waals surface area (Å²) in [5.74, 6) is 0. The summed E-state index contributed by atoms with van der Waals surface area (Å²) in [5.41, 5.74) is 9.91. The van der Waals surface area contributed by atoms with Gasteiger partial charge in [0.05, 0.1) is 0 Å². The molecule has 0 aliphatic heterocycles. The Morgan fingerprint density at radius 2 is 1.90 bits per heavy atom. The fourth-order valence-electron chi connectivity index (χ4n) is 2.03. The molecule has 3 N–H and O–H groups in total. The Morgan fingerprint density at radius 1 is 1.20 bits per heavy atom. The number of nitrogens with one attached hydrogen (secondary N) is 1. The van der Waals surface area contributed by atoms with E-state index in [1.165, 1.54) is 5.56 Å². The summed E-state index contributed by atoms with van der Waals surface area (Å²) in [4.78, 5) is 0.386. The van der Waals surface area contributed by atoms with Crippen LogP contribution in [0.1, 0.15) is 24.5 Å². The van der Waals surface area contributed by atoms with E-state index in [0.717, 1.165) is 34.3 Å². The zero-order valence-electron chi connectivity index (χ0n) is 11.3. The van der Waals surface area contributed by atoms with Crippen LogP contribution in [0.3, 0.4) is 0 Å². The largest absolute Gasteiger partial charge is 0.389 e. The molecule has 0 aliphatic carbocycles. The molecule has 0 spiro atoms. The first-order chi connectivity index (χ1) is 9.60. The van der Waals surface area contributed by atoms with Gasteiger partial charge in [-0.05, 0) is 42.3 Å². The Labute approximate surface area is 133 Å². The molecule has 2 aromatic carbocycles. The van der Waals surface area contributed by atoms with Crippen LogP contribution in [0, 0.1) is 0 Å². The quantitative estimate of drug-likeness (QED) is 0.763. The first kappa shape index (κ1) is 15.0. The molecule has 0 saturated heterocycles. The Morgan fingerprint density at radius 3 is 2.50 bits per heavy atom. The molecule has 0 heterocycles. The van der Waals surface area contributed by atoms with Crippen molar-refractivity contribution in [2.45, 2.75) is 19.8 Å². The molecule has 0 atom stereocenters. The van der Waals surface area contributed by atoms with Gasteiger partial charge in [0, 0.05) is 21.4 Å². The molecule has 0 aliphatic rings. The van der Waals surface area contributed by atoms with Crippen molar-refractivity contribution in [1.82, 2.24) is 0 Å². The topological polar surface area (TPSA) is 38.0 Å². The number of thiocarbonyl (C=S) groups is 1. The van der Waals surface area contributed by atoms with Crippen molar-refractivity contribution < 1.29 is 0 Å². The molecule has 0 saturated carbocycles. The van der Waals surface area contributed by atoms with Gasteiger partial charge in [0.1, 0.15) is 4.99 Å². The van der Waals surface area contributed by atoms with Gasteiger partial charge < -0.3 is 11.1 Å². The molecule has 0 radical (unpaired) electrons. The van der Waals surface area contributed by atoms with Crippen molar-refractivity contribution in [1.29, 1.82) is 0 Å². The van der Waals surface area contributed by atoms with E-state index in [0.29, 0.717) is 4.99 Å². The summed E-state index contributed by atoms with van der Waals surface area (Å²) >= 11 is 8.53. The second-order valence-corrected chi connectivity index (χ2v) is 5.98. The number of rotatable bonds is 5. The average molecular weight is 349 g/mol. The molecule has 2 rings (SSSR count). The van der Waals surface area contributed by atoms with Gasteiger partial charge in [-0.25, -0.2) is 0 Å². The number of nitrogens with two attached hydrogens (primary N) is 1. The van der Waals surface area contributed by atoms with Crippen LogP contribution < -0.4 is 11.1 Å². The molecule has 20 heavy (non-hydrogen) atoms. The minimum absolute atomic E-state index is 0.386. The Bertz CT molecular complexity index is 608. The van der Waals surface area contributed by atoms with E-state index in [1.807, 2.05) is 18.2 Å². The lowest BCUT2D eigenvalue weighted by molar-refractivity contribution is 0.922. The molecule has 0 unspecified atom stereocenters. The van der Waals surface area contributed by atoms with Crippen LogP contribution in [0.4, 0.5) is 11.4 Å². The van der Waals surface area contributed by atoms with E-state index < -0.39 is 0 Å². The summed E-state index contributed by atoms with van der Waals surface area (Å²) in [6, 6.07) is 14.3. The zero-order valence-corrected chi connectivity index (χ0v) is 13.7. The van der Waals surface area contributed by atoms with Crippen molar-refractivity contribution in [2.75, 3.05) is 5.32 Å². The predicted molar refractivity (Wildman–Crippen MR) is 93.7 cm³/mol. The maximum absolute atomic E-state index is 5.77. The minimum Gasteiger partial charge on any atom is -0.389 e. The number of hydrogen-bond donors (Lipinski definition) is 2. The minimum atomic E-state index is 0.386. The van der Waals surface area contributed by atoms with Crippen LogP contribution in [-0.4, -0.2) is 4.99 Å². The lowest BCUT2D eigenvalue weighted by Gasteiger charge is -2.12. The average Bonchev–Trinajstić information content (AvgIpc) is 2.43. The van der Waals surface area contributed by atoms with Crippen LogP contribution in [0.15, 0.2) is 46.9 Å². The maximum Gasteiger partial charge on any atom is 0.106 e. The SMILES string of the molecule is CCCc1ccc(Nc2ccc(Br)cc2C(N)=S)cc1. The third-order valence-corrected chi connectivity index (χ3v) is 3.73. The summed E-state index contributed by atoms with van der Waals surface area (Å²) < 4.78 is 0.962. The molecule has 4 heteroatoms. The fourth-order valence-corrected chi connectivity index (χ4v) is 2.56. The van der Waals surface area contributed by atoms with Crippen LogP contribution in [0.5, 0.6) is 0 Å². The Kier molecular flexibility index (Phi) is 5.15. The highest BCUT2D eigenvalue weighted by atomic mass is 79.9. The first-order valence-corrected chi connectivity index (χ1v) is 7.75. The maximum atomic E-state index is 5.77. The molecule has 0 amide bonds. The van der Waals surface area contributed by atoms with E-state index in [9.17, 15) is 0 Å². The highest BCUT2D eigenvalue weighted by Gasteiger charge is 2.06. The molecule has 104 valence electrons. The summed E-state index contributed by atoms with van der Waals surface area (Å²) in [7, 11) is 0. The summed E-state index contributed by atoms with van der Waals surface area (Å²) in [6.45, 7) is 2.18. The number of aryl methyl sites for hydroxylation is 1. The lowest BCUT2D eigenvalue weighted by Crippen LogP contribution is -2.12. The van der Waals surface area contributed by atoms with E-state index in [4.69, 9.17) is 18.0 Å². The van der Waals surface area contributed by atoms with E-state index in [2.05, 4.69) is 52.4 Å². The number of anilines is 2. The van der Waals surface area contributed by atoms with Gasteiger partial charge in [0.15, 0.2) is 0 Å². The van der Waals surface area contributed by atoms with Gasteiger partial charge in [-0.15, -0.1) is 0 Å². The Balaban J connectivity index is 2.23. The van der Waals surface area contributed by atoms with Gasteiger partial charge in [-0.3, -0.25) is 0 Å². The predicted octanol–water partition coefficient (Wildman–Crippen LogP) is 4.78. The number of benzene rings is 2. The second-order valence-electron chi connectivity index (χ2n) is 4.63. The van der Waals surface area contributed by atoms with E-state index >= 15 is 0 Å². The van der Waals surface area contributed by atoms with E-state index in [1.54, 1.807) is 0 Å². The molecule has 0 fully saturated rings. The normalized spacial score (nSPS) is 10.3. The van der Waals surface area contributed by atoms with Crippen molar-refractivity contribution in [3.8, 4) is 0 Å². The van der Waals surface area contributed by atoms with Crippen molar-refractivity contribution in [3.63, 3.8) is 0 Å². The van der Waals surface area contributed by atoms with Crippen LogP contribution in [0.25, 0.3) is 0 Å². The Hall–Kier alpha value is -1.39. The number of halogens is 1. The third kappa shape index (κ3) is 3.81. The lowest BCUT2D eigenvalue weighted by atomic mass is 10.1. The van der Waals surface area contributed by atoms with E-state index in [-0.39, 0.29) is 0 Å². The van der Waals surface area contributed by atoms with Gasteiger partial charge in [-0.1, -0.05) is 53.6 Å². The van der Waals surface area contributed by atoms with Crippen molar-refractivity contribution in [3.05, 3.63) is 58.1 Å². The van der Waals surface area contributed by atoms with Crippen LogP contribution in [-0.2, 0) is 6.42 Å². The monoisotopic (exact) mass is 348 g/mol. The highest BCUT2D eigenvalue weighted by molar-refractivity contribution is 9.10. The molecular formula is C16H17BrN2S. The van der Waals surface area contributed by atoms with Crippen molar-refractivity contribution in [2.24, 2.45) is 5.73 Å². The number of hydrogen-bond acceptors (Lipinski definition) is 2. The summed E-state index contributed by atoms with van der Waals surface area (Å²) in [6.07, 6.45) is 2.27.